The predicted molar refractivity (Wildman–Crippen MR) is 382 cm³/mol. The maximum atomic E-state index is 13.5. The number of amides is 3. The number of benzene rings is 3. The molecular formula is C76H89N9O12S3. The first-order chi connectivity index (χ1) is 47.9. The van der Waals surface area contributed by atoms with Gasteiger partial charge < -0.3 is 43.6 Å². The van der Waals surface area contributed by atoms with Gasteiger partial charge in [0, 0.05) is 94.9 Å². The van der Waals surface area contributed by atoms with Crippen molar-refractivity contribution in [2.75, 3.05) is 19.6 Å². The minimum Gasteiger partial charge on any atom is -0.391 e. The maximum Gasteiger partial charge on any atom is 0.234 e. The second kappa shape index (κ2) is 33.8. The molecule has 21 nitrogen and oxygen atoms in total. The lowest BCUT2D eigenvalue weighted by atomic mass is 9.89. The Morgan fingerprint density at radius 1 is 0.480 bits per heavy atom. The van der Waals surface area contributed by atoms with Gasteiger partial charge in [-0.25, -0.2) is 0 Å². The molecule has 100 heavy (non-hydrogen) atoms. The molecule has 0 saturated carbocycles. The summed E-state index contributed by atoms with van der Waals surface area (Å²) < 4.78 is 16.1. The van der Waals surface area contributed by atoms with E-state index in [4.69, 9.17) is 13.6 Å². The summed E-state index contributed by atoms with van der Waals surface area (Å²) in [6.45, 7) is 19.6. The Morgan fingerprint density at radius 2 is 0.820 bits per heavy atom. The molecule has 3 fully saturated rings. The highest BCUT2D eigenvalue weighted by molar-refractivity contribution is 7.13. The van der Waals surface area contributed by atoms with Crippen molar-refractivity contribution in [1.82, 2.24) is 45.1 Å². The molecule has 0 spiro atoms. The molecule has 24 heteroatoms. The largest absolute Gasteiger partial charge is 0.391 e. The van der Waals surface area contributed by atoms with E-state index in [-0.39, 0.29) is 97.6 Å². The number of ketones is 3. The van der Waals surface area contributed by atoms with Crippen LogP contribution in [0.5, 0.6) is 0 Å². The van der Waals surface area contributed by atoms with Gasteiger partial charge >= 0.3 is 0 Å². The Morgan fingerprint density at radius 3 is 1.14 bits per heavy atom. The number of nitrogens with zero attached hydrogens (tertiary/aromatic N) is 9. The second-order valence-corrected chi connectivity index (χ2v) is 30.0. The van der Waals surface area contributed by atoms with Gasteiger partial charge in [-0.05, 0) is 90.7 Å². The van der Waals surface area contributed by atoms with Gasteiger partial charge in [-0.2, -0.15) is 0 Å². The SMILES string of the molecule is CC[C@@H](C(=O)N1C[C@H](O)C[C@H]1C(=O)C[C@@H](C)c1ccc(-c2cncs2)cc1)c1cc(C)no1.Cc1cc([C@H](C(=O)N2C[C@H](O)C[C@H]2C(=O)CCc2ccc(-c3cncs3)cc2)C(C)C)on1.Cc1cc([C@H](C(=O)N2C[C@H](O)C[C@H]2C(=O)C[C@@H](C)c2ccc(-c3cncs3)cc2)C(C)C)on1. The first-order valence-electron chi connectivity index (χ1n) is 34.2. The molecule has 3 amide bonds. The molecule has 3 saturated heterocycles. The van der Waals surface area contributed by atoms with Crippen LogP contribution in [-0.2, 0) is 35.2 Å². The van der Waals surface area contributed by atoms with Gasteiger partial charge in [0.1, 0.15) is 29.1 Å². The van der Waals surface area contributed by atoms with Crippen LogP contribution in [0.2, 0.25) is 0 Å². The maximum absolute atomic E-state index is 13.5. The zero-order valence-corrected chi connectivity index (χ0v) is 60.6. The van der Waals surface area contributed by atoms with E-state index in [1.54, 1.807) is 90.4 Å². The van der Waals surface area contributed by atoms with Crippen LogP contribution < -0.4 is 0 Å². The number of carbonyl (C=O) groups is 6. The molecule has 3 aliphatic rings. The number of aliphatic hydroxyl groups is 3. The van der Waals surface area contributed by atoms with E-state index in [0.717, 1.165) is 48.0 Å². The Hall–Kier alpha value is -8.52. The lowest BCUT2D eigenvalue weighted by Gasteiger charge is -2.29. The van der Waals surface area contributed by atoms with Gasteiger partial charge in [-0.1, -0.05) is 137 Å². The number of likely N-dealkylation sites (tertiary alicyclic amines) is 3. The van der Waals surface area contributed by atoms with Crippen molar-refractivity contribution in [2.45, 2.75) is 187 Å². The Labute approximate surface area is 595 Å². The molecule has 9 aromatic rings. The van der Waals surface area contributed by atoms with Gasteiger partial charge in [-0.15, -0.1) is 34.0 Å². The average molecular weight is 1420 g/mol. The minimum atomic E-state index is -0.712. The van der Waals surface area contributed by atoms with Gasteiger partial charge in [0.2, 0.25) is 17.7 Å². The summed E-state index contributed by atoms with van der Waals surface area (Å²) in [5, 5.41) is 42.7. The average Bonchev–Trinajstić information content (AvgIpc) is 1.64. The molecule has 6 aromatic heterocycles. The first-order valence-corrected chi connectivity index (χ1v) is 36.9. The van der Waals surface area contributed by atoms with Crippen LogP contribution in [0.25, 0.3) is 31.3 Å². The molecule has 3 aliphatic heterocycles. The van der Waals surface area contributed by atoms with E-state index >= 15 is 0 Å². The van der Waals surface area contributed by atoms with Crippen LogP contribution >= 0.6 is 34.0 Å². The first kappa shape index (κ1) is 74.2. The standard InChI is InChI=1S/C26H31N3O4S.2C25H29N3O4S/c1-15(2)25(23-10-17(4)28-33-23)26(32)29-13-20(30)11-21(29)22(31)9-16(3)18-5-7-19(8-6-18)24-12-27-14-34-24;1-15(2)24(22-10-16(3)27-32-22)25(31)28-13-19(29)11-20(28)21(30)9-6-17-4-7-18(8-5-17)23-12-26-14-33-23;1-4-20(23-10-16(3)27-32-23)25(31)28-13-19(29)11-21(28)22(30)9-15(2)17-5-7-18(8-6-17)24-12-26-14-33-24/h5-8,10,12,14-16,20-21,25,30H,9,11,13H2,1-4H3;4-5,7-8,10,12,14-15,19-20,24,29H,6,9,11,13H2,1-3H3;5-8,10,12,14-15,19-21,29H,4,9,11,13H2,1-3H3/t16-,20-,21+,25-;19-,20+,24-;15-,19-,20-,21+/m111/s1. The highest BCUT2D eigenvalue weighted by atomic mass is 32.1. The minimum absolute atomic E-state index is 0.00148. The summed E-state index contributed by atoms with van der Waals surface area (Å²) in [7, 11) is 0. The van der Waals surface area contributed by atoms with E-state index in [1.807, 2.05) is 154 Å². The van der Waals surface area contributed by atoms with Crippen molar-refractivity contribution in [2.24, 2.45) is 11.8 Å². The number of Topliss-reactive ketones (excluding diaryl/α,β-unsaturated/α-hetero) is 3. The summed E-state index contributed by atoms with van der Waals surface area (Å²) in [6.07, 6.45) is 6.25. The molecule has 0 bridgehead atoms. The molecule has 0 unspecified atom stereocenters. The highest BCUT2D eigenvalue weighted by Gasteiger charge is 2.46. The molecule has 0 aliphatic carbocycles. The van der Waals surface area contributed by atoms with Crippen molar-refractivity contribution in [1.29, 1.82) is 0 Å². The zero-order valence-electron chi connectivity index (χ0n) is 58.2. The molecular weight excluding hydrogens is 1330 g/mol. The topological polar surface area (TPSA) is 290 Å². The lowest BCUT2D eigenvalue weighted by Crippen LogP contribution is -2.44. The van der Waals surface area contributed by atoms with Crippen LogP contribution in [0.1, 0.15) is 174 Å². The third kappa shape index (κ3) is 18.1. The van der Waals surface area contributed by atoms with Crippen molar-refractivity contribution < 1.29 is 57.7 Å². The summed E-state index contributed by atoms with van der Waals surface area (Å²) in [6, 6.07) is 27.9. The van der Waals surface area contributed by atoms with E-state index in [0.29, 0.717) is 66.5 Å². The second-order valence-electron chi connectivity index (χ2n) is 27.4. The molecule has 11 atom stereocenters. The molecule has 3 N–H and O–H groups in total. The van der Waals surface area contributed by atoms with Crippen LogP contribution in [0.4, 0.5) is 0 Å². The molecule has 9 heterocycles. The summed E-state index contributed by atoms with van der Waals surface area (Å²) >= 11 is 4.76. The van der Waals surface area contributed by atoms with E-state index < -0.39 is 54.2 Å². The number of hydrogen-bond acceptors (Lipinski definition) is 21. The number of β-amino-alcohol motifs (C(OH)–C–C–N with tert-alkyl or cyclic N) is 3. The van der Waals surface area contributed by atoms with Crippen LogP contribution in [0.15, 0.2) is 140 Å². The normalized spacial score (nSPS) is 19.8. The number of hydrogen-bond donors (Lipinski definition) is 3. The number of aryl methyl sites for hydroxylation is 4. The lowest BCUT2D eigenvalue weighted by molar-refractivity contribution is -0.140. The van der Waals surface area contributed by atoms with E-state index in [2.05, 4.69) is 30.4 Å². The van der Waals surface area contributed by atoms with Crippen molar-refractivity contribution in [3.05, 3.63) is 177 Å². The quantitative estimate of drug-likeness (QED) is 0.0506. The smallest absolute Gasteiger partial charge is 0.234 e. The Balaban J connectivity index is 0.000000162. The predicted octanol–water partition coefficient (Wildman–Crippen LogP) is 12.9. The van der Waals surface area contributed by atoms with Crippen molar-refractivity contribution >= 4 is 69.1 Å². The Bertz CT molecular complexity index is 4150. The molecule has 3 aromatic carbocycles. The Kier molecular flexibility index (Phi) is 25.0. The molecule has 0 radical (unpaired) electrons. The van der Waals surface area contributed by atoms with Gasteiger partial charge in [0.25, 0.3) is 0 Å². The highest BCUT2D eigenvalue weighted by Crippen LogP contribution is 2.37. The third-order valence-electron chi connectivity index (χ3n) is 19.0. The number of aliphatic hydroxyl groups excluding tert-OH is 3. The number of aromatic nitrogens is 6. The summed E-state index contributed by atoms with van der Waals surface area (Å²) in [5.74, 6) is -0.810. The summed E-state index contributed by atoms with van der Waals surface area (Å²) in [5.41, 5.74) is 14.0. The number of carbonyl (C=O) groups excluding carboxylic acids is 6. The van der Waals surface area contributed by atoms with Crippen molar-refractivity contribution in [3.8, 4) is 31.3 Å². The molecule has 12 rings (SSSR count). The van der Waals surface area contributed by atoms with E-state index in [9.17, 15) is 44.1 Å². The van der Waals surface area contributed by atoms with Crippen LogP contribution in [0, 0.1) is 32.6 Å². The van der Waals surface area contributed by atoms with Gasteiger partial charge in [-0.3, -0.25) is 43.7 Å². The van der Waals surface area contributed by atoms with Crippen LogP contribution in [-0.4, -0.2) is 152 Å². The number of rotatable bonds is 24. The fraction of sp³-hybridized carbons (Fsp3) is 0.447. The van der Waals surface area contributed by atoms with Crippen molar-refractivity contribution in [3.63, 3.8) is 0 Å². The summed E-state index contributed by atoms with van der Waals surface area (Å²) in [4.78, 5) is 100. The van der Waals surface area contributed by atoms with Crippen LogP contribution in [0.3, 0.4) is 0 Å². The monoisotopic (exact) mass is 1420 g/mol. The fourth-order valence-electron chi connectivity index (χ4n) is 13.6. The third-order valence-corrected chi connectivity index (χ3v) is 21.5. The van der Waals surface area contributed by atoms with Gasteiger partial charge in [0.05, 0.1) is 90.6 Å². The van der Waals surface area contributed by atoms with E-state index in [1.165, 1.54) is 0 Å². The molecule has 528 valence electrons. The van der Waals surface area contributed by atoms with Gasteiger partial charge in [0.15, 0.2) is 17.3 Å². The fourth-order valence-corrected chi connectivity index (χ4v) is 15.5. The zero-order chi connectivity index (χ0) is 71.5. The number of thiazole rings is 3.